The van der Waals surface area contributed by atoms with Crippen LogP contribution in [0.25, 0.3) is 16.7 Å². The van der Waals surface area contributed by atoms with Crippen LogP contribution in [0.15, 0.2) is 46.7 Å². The van der Waals surface area contributed by atoms with Gasteiger partial charge in [0.1, 0.15) is 0 Å². The highest BCUT2D eigenvalue weighted by atomic mass is 16.7. The third-order valence-corrected chi connectivity index (χ3v) is 4.94. The number of carbonyl (C=O) groups excluding carboxylic acids is 1. The topological polar surface area (TPSA) is 77.8 Å². The second-order valence-electron chi connectivity index (χ2n) is 6.92. The highest BCUT2D eigenvalue weighted by molar-refractivity contribution is 6.07. The first-order chi connectivity index (χ1) is 13.5. The number of aryl methyl sites for hydroxylation is 2. The molecule has 0 saturated heterocycles. The molecule has 0 bridgehead atoms. The van der Waals surface area contributed by atoms with Gasteiger partial charge in [-0.25, -0.2) is 0 Å². The van der Waals surface area contributed by atoms with Gasteiger partial charge in [-0.2, -0.15) is 0 Å². The SMILES string of the molecule is C=CC(=O)C/C=C(\CC)c1cc(CCC)cc2c1-c1c(C)coc1ON=C2N. The first kappa shape index (κ1) is 19.7. The number of allylic oxidation sites excluding steroid dienone is 3. The maximum absolute atomic E-state index is 11.8. The lowest BCUT2D eigenvalue weighted by Gasteiger charge is -2.17. The van der Waals surface area contributed by atoms with Gasteiger partial charge >= 0.3 is 5.95 Å². The summed E-state index contributed by atoms with van der Waals surface area (Å²) in [4.78, 5) is 17.3. The third kappa shape index (κ3) is 3.65. The maximum Gasteiger partial charge on any atom is 0.322 e. The third-order valence-electron chi connectivity index (χ3n) is 4.94. The van der Waals surface area contributed by atoms with Crippen LogP contribution in [0.1, 0.15) is 55.4 Å². The minimum atomic E-state index is -0.00802. The summed E-state index contributed by atoms with van der Waals surface area (Å²) in [6, 6.07) is 4.26. The van der Waals surface area contributed by atoms with Crippen LogP contribution in [0.2, 0.25) is 0 Å². The number of benzene rings is 1. The lowest BCUT2D eigenvalue weighted by atomic mass is 9.85. The van der Waals surface area contributed by atoms with Gasteiger partial charge in [-0.15, -0.1) is 0 Å². The summed E-state index contributed by atoms with van der Waals surface area (Å²) >= 11 is 0. The van der Waals surface area contributed by atoms with E-state index < -0.39 is 0 Å². The molecule has 1 aromatic carbocycles. The number of ketones is 1. The number of hydrogen-bond acceptors (Lipinski definition) is 5. The molecule has 5 heteroatoms. The molecule has 1 aliphatic heterocycles. The van der Waals surface area contributed by atoms with Crippen LogP contribution in [0, 0.1) is 6.92 Å². The van der Waals surface area contributed by atoms with Crippen molar-refractivity contribution in [3.8, 4) is 17.1 Å². The zero-order valence-corrected chi connectivity index (χ0v) is 16.7. The molecule has 2 N–H and O–H groups in total. The van der Waals surface area contributed by atoms with E-state index in [0.29, 0.717) is 18.2 Å². The predicted molar refractivity (Wildman–Crippen MR) is 112 cm³/mol. The van der Waals surface area contributed by atoms with Crippen LogP contribution in [-0.4, -0.2) is 11.6 Å². The zero-order valence-electron chi connectivity index (χ0n) is 16.7. The highest BCUT2D eigenvalue weighted by Gasteiger charge is 2.27. The molecule has 0 amide bonds. The quantitative estimate of drug-likeness (QED) is 0.675. The van der Waals surface area contributed by atoms with Gasteiger partial charge in [0.15, 0.2) is 11.6 Å². The molecule has 146 valence electrons. The van der Waals surface area contributed by atoms with Crippen LogP contribution < -0.4 is 10.6 Å². The number of amidine groups is 1. The van der Waals surface area contributed by atoms with Crippen LogP contribution in [-0.2, 0) is 11.2 Å². The molecular formula is C23H26N2O3. The Morgan fingerprint density at radius 3 is 2.75 bits per heavy atom. The van der Waals surface area contributed by atoms with E-state index in [4.69, 9.17) is 15.0 Å². The monoisotopic (exact) mass is 378 g/mol. The fraction of sp³-hybridized carbons (Fsp3) is 0.304. The van der Waals surface area contributed by atoms with E-state index in [-0.39, 0.29) is 5.78 Å². The molecule has 0 unspecified atom stereocenters. The van der Waals surface area contributed by atoms with Crippen molar-refractivity contribution in [3.05, 3.63) is 59.4 Å². The summed E-state index contributed by atoms with van der Waals surface area (Å²) in [5.74, 6) is 0.644. The molecule has 0 aliphatic carbocycles. The summed E-state index contributed by atoms with van der Waals surface area (Å²) < 4.78 is 5.56. The van der Waals surface area contributed by atoms with Crippen LogP contribution in [0.4, 0.5) is 0 Å². The highest BCUT2D eigenvalue weighted by Crippen LogP contribution is 2.44. The van der Waals surface area contributed by atoms with Crippen molar-refractivity contribution in [1.29, 1.82) is 0 Å². The van der Waals surface area contributed by atoms with Crippen molar-refractivity contribution < 1.29 is 14.0 Å². The number of carbonyl (C=O) groups is 1. The second-order valence-corrected chi connectivity index (χ2v) is 6.92. The van der Waals surface area contributed by atoms with Gasteiger partial charge in [0.05, 0.1) is 11.8 Å². The van der Waals surface area contributed by atoms with Crippen molar-refractivity contribution in [2.24, 2.45) is 10.9 Å². The van der Waals surface area contributed by atoms with Gasteiger partial charge in [0.25, 0.3) is 0 Å². The predicted octanol–water partition coefficient (Wildman–Crippen LogP) is 5.16. The Morgan fingerprint density at radius 1 is 1.29 bits per heavy atom. The molecule has 0 saturated carbocycles. The molecule has 0 radical (unpaired) electrons. The summed E-state index contributed by atoms with van der Waals surface area (Å²) in [5.41, 5.74) is 13.1. The van der Waals surface area contributed by atoms with Gasteiger partial charge in [-0.3, -0.25) is 4.79 Å². The molecule has 28 heavy (non-hydrogen) atoms. The van der Waals surface area contributed by atoms with E-state index in [1.165, 1.54) is 11.6 Å². The van der Waals surface area contributed by atoms with Crippen molar-refractivity contribution in [2.75, 3.05) is 0 Å². The molecule has 0 atom stereocenters. The molecule has 1 aromatic heterocycles. The van der Waals surface area contributed by atoms with E-state index >= 15 is 0 Å². The fourth-order valence-electron chi connectivity index (χ4n) is 3.54. The van der Waals surface area contributed by atoms with Crippen molar-refractivity contribution in [1.82, 2.24) is 0 Å². The van der Waals surface area contributed by atoms with Crippen LogP contribution >= 0.6 is 0 Å². The Morgan fingerprint density at radius 2 is 2.07 bits per heavy atom. The number of fused-ring (bicyclic) bond motifs is 3. The first-order valence-electron chi connectivity index (χ1n) is 9.61. The fourth-order valence-corrected chi connectivity index (χ4v) is 3.54. The van der Waals surface area contributed by atoms with Crippen molar-refractivity contribution >= 4 is 17.2 Å². The Balaban J connectivity index is 2.31. The average molecular weight is 378 g/mol. The van der Waals surface area contributed by atoms with E-state index in [9.17, 15) is 4.79 Å². The largest absolute Gasteiger partial charge is 0.432 e. The molecule has 0 fully saturated rings. The summed E-state index contributed by atoms with van der Waals surface area (Å²) in [5, 5.41) is 4.05. The number of rotatable bonds is 7. The average Bonchev–Trinajstić information content (AvgIpc) is 2.99. The van der Waals surface area contributed by atoms with E-state index in [1.807, 2.05) is 13.0 Å². The van der Waals surface area contributed by atoms with Gasteiger partial charge in [-0.1, -0.05) is 44.1 Å². The second kappa shape index (κ2) is 8.30. The van der Waals surface area contributed by atoms with Crippen LogP contribution in [0.5, 0.6) is 5.95 Å². The summed E-state index contributed by atoms with van der Waals surface area (Å²) in [7, 11) is 0. The molecule has 1 aliphatic rings. The Bertz CT molecular complexity index is 980. The van der Waals surface area contributed by atoms with Gasteiger partial charge in [0, 0.05) is 17.5 Å². The van der Waals surface area contributed by atoms with Gasteiger partial charge in [0.2, 0.25) is 0 Å². The minimum Gasteiger partial charge on any atom is -0.432 e. The molecular weight excluding hydrogens is 352 g/mol. The van der Waals surface area contributed by atoms with Crippen molar-refractivity contribution in [3.63, 3.8) is 0 Å². The Hall–Kier alpha value is -3.08. The molecule has 3 rings (SSSR count). The van der Waals surface area contributed by atoms with Crippen molar-refractivity contribution in [2.45, 2.75) is 46.5 Å². The molecule has 0 spiro atoms. The van der Waals surface area contributed by atoms with E-state index in [2.05, 4.69) is 37.7 Å². The smallest absolute Gasteiger partial charge is 0.322 e. The normalized spacial score (nSPS) is 13.1. The number of nitrogens with two attached hydrogens (primary N) is 1. The summed E-state index contributed by atoms with van der Waals surface area (Å²) in [6.45, 7) is 9.75. The molecule has 2 heterocycles. The molecule has 5 nitrogen and oxygen atoms in total. The maximum atomic E-state index is 11.8. The van der Waals surface area contributed by atoms with Gasteiger partial charge < -0.3 is 15.0 Å². The van der Waals surface area contributed by atoms with Gasteiger partial charge in [-0.05, 0) is 54.2 Å². The number of hydrogen-bond donors (Lipinski definition) is 1. The lowest BCUT2D eigenvalue weighted by Crippen LogP contribution is -2.16. The number of oxime groups is 1. The lowest BCUT2D eigenvalue weighted by molar-refractivity contribution is -0.113. The zero-order chi connectivity index (χ0) is 20.3. The van der Waals surface area contributed by atoms with Crippen LogP contribution in [0.3, 0.4) is 0 Å². The van der Waals surface area contributed by atoms with E-state index in [1.54, 1.807) is 6.26 Å². The van der Waals surface area contributed by atoms with E-state index in [0.717, 1.165) is 52.7 Å². The number of nitrogens with zero attached hydrogens (tertiary/aromatic N) is 1. The standard InChI is InChI=1S/C23H26N2O3/c1-5-8-15-11-18(16(6-2)9-10-17(26)7-3)21-19(12-15)22(24)25-28-23-20(21)14(4)13-27-23/h7,9,11-13H,3,5-6,8,10H2,1-2,4H3,(H2,24,25)/b16-9+. The minimum absolute atomic E-state index is 0.00802. The summed E-state index contributed by atoms with van der Waals surface area (Å²) in [6.07, 6.45) is 8.02. The number of furan rings is 1. The first-order valence-corrected chi connectivity index (χ1v) is 9.61. The Kier molecular flexibility index (Phi) is 5.83. The Labute approximate surface area is 165 Å². The molecule has 2 aromatic rings.